The Balaban J connectivity index is 2.18. The van der Waals surface area contributed by atoms with Gasteiger partial charge in [0.05, 0.1) is 28.1 Å². The summed E-state index contributed by atoms with van der Waals surface area (Å²) in [5.41, 5.74) is 1.35. The zero-order valence-electron chi connectivity index (χ0n) is 11.2. The van der Waals surface area contributed by atoms with Gasteiger partial charge in [-0.25, -0.2) is 0 Å². The van der Waals surface area contributed by atoms with E-state index in [1.165, 1.54) is 0 Å². The first-order valence-corrected chi connectivity index (χ1v) is 6.87. The van der Waals surface area contributed by atoms with Gasteiger partial charge in [0.15, 0.2) is 0 Å². The normalized spacial score (nSPS) is 19.6. The molecule has 4 nitrogen and oxygen atoms in total. The van der Waals surface area contributed by atoms with E-state index in [2.05, 4.69) is 5.10 Å². The van der Waals surface area contributed by atoms with Gasteiger partial charge in [0.1, 0.15) is 0 Å². The first-order valence-electron chi connectivity index (χ1n) is 6.49. The Morgan fingerprint density at radius 1 is 1.56 bits per heavy atom. The van der Waals surface area contributed by atoms with Crippen LogP contribution in [0.3, 0.4) is 0 Å². The van der Waals surface area contributed by atoms with E-state index >= 15 is 0 Å². The largest absolute Gasteiger partial charge is 0.390 e. The molecule has 0 bridgehead atoms. The van der Waals surface area contributed by atoms with Crippen molar-refractivity contribution in [3.8, 4) is 0 Å². The number of hydrogen-bond acceptors (Lipinski definition) is 3. The third-order valence-corrected chi connectivity index (χ3v) is 4.54. The molecule has 1 N–H and O–H groups in total. The minimum atomic E-state index is -0.518. The number of methoxy groups -OCH3 is 1. The van der Waals surface area contributed by atoms with Gasteiger partial charge in [-0.2, -0.15) is 5.10 Å². The molecule has 1 aliphatic rings. The molecular formula is C13H21ClN2O2. The fourth-order valence-electron chi connectivity index (χ4n) is 2.63. The summed E-state index contributed by atoms with van der Waals surface area (Å²) in [6.07, 6.45) is 2.94. The third-order valence-electron chi connectivity index (χ3n) is 4.05. The van der Waals surface area contributed by atoms with Crippen molar-refractivity contribution in [3.05, 3.63) is 16.4 Å². The van der Waals surface area contributed by atoms with E-state index in [9.17, 15) is 5.11 Å². The summed E-state index contributed by atoms with van der Waals surface area (Å²) in [5.74, 6) is 0. The van der Waals surface area contributed by atoms with Gasteiger partial charge in [-0.3, -0.25) is 4.68 Å². The smallest absolute Gasteiger partial charge is 0.0940 e. The molecule has 1 saturated carbocycles. The van der Waals surface area contributed by atoms with E-state index in [-0.39, 0.29) is 5.60 Å². The fraction of sp³-hybridized carbons (Fsp3) is 0.769. The highest BCUT2D eigenvalue weighted by Crippen LogP contribution is 2.39. The van der Waals surface area contributed by atoms with Gasteiger partial charge in [-0.05, 0) is 33.1 Å². The summed E-state index contributed by atoms with van der Waals surface area (Å²) >= 11 is 6.26. The van der Waals surface area contributed by atoms with Crippen molar-refractivity contribution in [3.63, 3.8) is 0 Å². The maximum atomic E-state index is 10.4. The van der Waals surface area contributed by atoms with E-state index in [0.29, 0.717) is 11.4 Å². The van der Waals surface area contributed by atoms with Crippen molar-refractivity contribution in [1.82, 2.24) is 9.78 Å². The van der Waals surface area contributed by atoms with Gasteiger partial charge in [0.2, 0.25) is 0 Å². The zero-order chi connectivity index (χ0) is 13.3. The number of aliphatic hydroxyl groups excluding tert-OH is 1. The van der Waals surface area contributed by atoms with Crippen molar-refractivity contribution in [2.45, 2.75) is 57.8 Å². The first-order chi connectivity index (χ1) is 8.54. The highest BCUT2D eigenvalue weighted by atomic mass is 35.5. The number of aromatic nitrogens is 2. The average molecular weight is 273 g/mol. The van der Waals surface area contributed by atoms with Crippen molar-refractivity contribution in [2.75, 3.05) is 7.11 Å². The second-order valence-electron chi connectivity index (χ2n) is 5.00. The predicted octanol–water partition coefficient (Wildman–Crippen LogP) is 2.34. The minimum absolute atomic E-state index is 0.375. The van der Waals surface area contributed by atoms with Crippen molar-refractivity contribution < 1.29 is 9.84 Å². The first kappa shape index (κ1) is 13.8. The molecule has 0 aromatic carbocycles. The molecule has 1 heterocycles. The lowest BCUT2D eigenvalue weighted by Crippen LogP contribution is -2.51. The highest BCUT2D eigenvalue weighted by Gasteiger charge is 2.44. The Hall–Kier alpha value is -0.580. The minimum Gasteiger partial charge on any atom is -0.390 e. The van der Waals surface area contributed by atoms with Crippen LogP contribution in [0.4, 0.5) is 0 Å². The van der Waals surface area contributed by atoms with Crippen LogP contribution in [0.2, 0.25) is 5.02 Å². The van der Waals surface area contributed by atoms with Crippen molar-refractivity contribution in [2.24, 2.45) is 0 Å². The molecule has 0 amide bonds. The number of hydrogen-bond donors (Lipinski definition) is 1. The average Bonchev–Trinajstić information content (AvgIpc) is 2.56. The highest BCUT2D eigenvalue weighted by molar-refractivity contribution is 6.31. The van der Waals surface area contributed by atoms with E-state index in [4.69, 9.17) is 16.3 Å². The molecule has 1 aliphatic carbocycles. The molecule has 0 radical (unpaired) electrons. The molecular weight excluding hydrogens is 252 g/mol. The summed E-state index contributed by atoms with van der Waals surface area (Å²) in [4.78, 5) is 0. The maximum Gasteiger partial charge on any atom is 0.0940 e. The Labute approximate surface area is 113 Å². The molecule has 1 unspecified atom stereocenters. The molecule has 1 atom stereocenters. The second kappa shape index (κ2) is 5.19. The summed E-state index contributed by atoms with van der Waals surface area (Å²) in [5, 5.41) is 15.4. The van der Waals surface area contributed by atoms with Crippen LogP contribution in [0.1, 0.15) is 37.6 Å². The number of ether oxygens (including phenoxy) is 1. The lowest BCUT2D eigenvalue weighted by molar-refractivity contribution is -0.149. The molecule has 18 heavy (non-hydrogen) atoms. The van der Waals surface area contributed by atoms with Crippen LogP contribution in [0.25, 0.3) is 0 Å². The molecule has 0 saturated heterocycles. The Morgan fingerprint density at radius 3 is 2.67 bits per heavy atom. The van der Waals surface area contributed by atoms with E-state index in [1.807, 2.05) is 18.5 Å². The monoisotopic (exact) mass is 272 g/mol. The third kappa shape index (κ3) is 2.17. The Morgan fingerprint density at radius 2 is 2.22 bits per heavy atom. The Bertz CT molecular complexity index is 421. The summed E-state index contributed by atoms with van der Waals surface area (Å²) in [7, 11) is 1.67. The van der Waals surface area contributed by atoms with Crippen LogP contribution in [0.5, 0.6) is 0 Å². The number of halogens is 1. The van der Waals surface area contributed by atoms with Gasteiger partial charge >= 0.3 is 0 Å². The molecule has 1 aromatic heterocycles. The predicted molar refractivity (Wildman–Crippen MR) is 70.9 cm³/mol. The van der Waals surface area contributed by atoms with Crippen molar-refractivity contribution >= 4 is 11.6 Å². The second-order valence-corrected chi connectivity index (χ2v) is 5.38. The van der Waals surface area contributed by atoms with Crippen molar-refractivity contribution in [1.29, 1.82) is 0 Å². The summed E-state index contributed by atoms with van der Waals surface area (Å²) < 4.78 is 7.37. The zero-order valence-corrected chi connectivity index (χ0v) is 12.0. The lowest BCUT2D eigenvalue weighted by atomic mass is 9.74. The van der Waals surface area contributed by atoms with Gasteiger partial charge in [-0.1, -0.05) is 11.6 Å². The van der Waals surface area contributed by atoms with E-state index in [1.54, 1.807) is 7.11 Å². The molecule has 5 heteroatoms. The molecule has 1 fully saturated rings. The number of nitrogens with zero attached hydrogens (tertiary/aromatic N) is 2. The molecule has 102 valence electrons. The SMILES string of the molecule is CCn1nc(C)c(Cl)c1CC(O)C1(OC)CCC1. The van der Waals surface area contributed by atoms with Gasteiger partial charge in [0.25, 0.3) is 0 Å². The molecule has 1 aromatic rings. The van der Waals surface area contributed by atoms with E-state index < -0.39 is 6.10 Å². The van der Waals surface area contributed by atoms with Crippen LogP contribution in [0.15, 0.2) is 0 Å². The molecule has 0 spiro atoms. The van der Waals surface area contributed by atoms with Crippen LogP contribution in [-0.2, 0) is 17.7 Å². The number of aryl methyl sites for hydroxylation is 2. The molecule has 0 aliphatic heterocycles. The number of rotatable bonds is 5. The van der Waals surface area contributed by atoms with Gasteiger partial charge in [-0.15, -0.1) is 0 Å². The lowest BCUT2D eigenvalue weighted by Gasteiger charge is -2.44. The van der Waals surface area contributed by atoms with Crippen LogP contribution in [0, 0.1) is 6.92 Å². The summed E-state index contributed by atoms with van der Waals surface area (Å²) in [6, 6.07) is 0. The van der Waals surface area contributed by atoms with Gasteiger partial charge in [0, 0.05) is 20.1 Å². The topological polar surface area (TPSA) is 47.3 Å². The van der Waals surface area contributed by atoms with Crippen LogP contribution >= 0.6 is 11.6 Å². The van der Waals surface area contributed by atoms with Gasteiger partial charge < -0.3 is 9.84 Å². The van der Waals surface area contributed by atoms with Crippen LogP contribution in [-0.4, -0.2) is 33.7 Å². The number of aliphatic hydroxyl groups is 1. The summed E-state index contributed by atoms with van der Waals surface area (Å²) in [6.45, 7) is 4.67. The standard InChI is InChI=1S/C13H21ClN2O2/c1-4-16-10(12(14)9(2)15-16)8-11(17)13(18-3)6-5-7-13/h11,17H,4-8H2,1-3H3. The maximum absolute atomic E-state index is 10.4. The fourth-order valence-corrected chi connectivity index (χ4v) is 2.84. The van der Waals surface area contributed by atoms with Crippen LogP contribution < -0.4 is 0 Å². The Kier molecular flexibility index (Phi) is 3.99. The molecule has 2 rings (SSSR count). The quantitative estimate of drug-likeness (QED) is 0.895. The van der Waals surface area contributed by atoms with E-state index in [0.717, 1.165) is 37.2 Å².